The molecule has 1 amide bonds. The third-order valence-corrected chi connectivity index (χ3v) is 3.22. The minimum absolute atomic E-state index is 0.0550. The van der Waals surface area contributed by atoms with Crippen molar-refractivity contribution in [2.24, 2.45) is 5.73 Å². The number of benzene rings is 1. The fraction of sp³-hybridized carbons (Fsp3) is 0.333. The highest BCUT2D eigenvalue weighted by Crippen LogP contribution is 2.24. The number of hydrogen-bond donors (Lipinski definition) is 2. The first-order chi connectivity index (χ1) is 8.04. The maximum absolute atomic E-state index is 11.6. The van der Waals surface area contributed by atoms with Crippen molar-refractivity contribution < 1.29 is 4.79 Å². The van der Waals surface area contributed by atoms with Crippen LogP contribution in [0.1, 0.15) is 18.4 Å². The lowest BCUT2D eigenvalue weighted by Crippen LogP contribution is -2.23. The van der Waals surface area contributed by atoms with Crippen LogP contribution in [-0.2, 0) is 4.79 Å². The second-order valence-electron chi connectivity index (χ2n) is 4.14. The van der Waals surface area contributed by atoms with Crippen LogP contribution in [0.2, 0.25) is 0 Å². The summed E-state index contributed by atoms with van der Waals surface area (Å²) in [5.74, 6) is -0.0550. The molecule has 0 radical (unpaired) electrons. The molecule has 1 heterocycles. The van der Waals surface area contributed by atoms with E-state index >= 15 is 0 Å². The largest absolute Gasteiger partial charge is 0.327 e. The monoisotopic (exact) mass is 249 g/mol. The van der Waals surface area contributed by atoms with E-state index in [4.69, 9.17) is 5.73 Å². The fourth-order valence-corrected chi connectivity index (χ4v) is 2.49. The molecule has 90 valence electrons. The SMILES string of the molecule is Cc1nc2ccc(NC(=O)CC(C)N)cc2s1. The average Bonchev–Trinajstić information content (AvgIpc) is 2.55. The Morgan fingerprint density at radius 3 is 3.06 bits per heavy atom. The average molecular weight is 249 g/mol. The van der Waals surface area contributed by atoms with Gasteiger partial charge in [0.15, 0.2) is 0 Å². The van der Waals surface area contributed by atoms with E-state index in [1.54, 1.807) is 11.3 Å². The summed E-state index contributed by atoms with van der Waals surface area (Å²) in [5, 5.41) is 3.86. The molecule has 2 rings (SSSR count). The zero-order valence-corrected chi connectivity index (χ0v) is 10.7. The van der Waals surface area contributed by atoms with Gasteiger partial charge in [-0.2, -0.15) is 0 Å². The van der Waals surface area contributed by atoms with Gasteiger partial charge in [-0.05, 0) is 32.0 Å². The highest BCUT2D eigenvalue weighted by Gasteiger charge is 2.07. The molecular formula is C12H15N3OS. The molecule has 0 bridgehead atoms. The number of thiazole rings is 1. The van der Waals surface area contributed by atoms with E-state index in [2.05, 4.69) is 10.3 Å². The lowest BCUT2D eigenvalue weighted by molar-refractivity contribution is -0.116. The van der Waals surface area contributed by atoms with Gasteiger partial charge in [0.1, 0.15) is 0 Å². The van der Waals surface area contributed by atoms with Crippen LogP contribution in [-0.4, -0.2) is 16.9 Å². The zero-order valence-electron chi connectivity index (χ0n) is 9.86. The molecule has 0 spiro atoms. The number of amides is 1. The van der Waals surface area contributed by atoms with E-state index in [1.165, 1.54) is 0 Å². The molecule has 0 aliphatic heterocycles. The second kappa shape index (κ2) is 4.81. The number of anilines is 1. The van der Waals surface area contributed by atoms with E-state index < -0.39 is 0 Å². The zero-order chi connectivity index (χ0) is 12.4. The summed E-state index contributed by atoms with van der Waals surface area (Å²) in [6.45, 7) is 3.79. The highest BCUT2D eigenvalue weighted by molar-refractivity contribution is 7.18. The van der Waals surface area contributed by atoms with Gasteiger partial charge in [0.05, 0.1) is 15.2 Å². The Kier molecular flexibility index (Phi) is 3.40. The minimum atomic E-state index is -0.121. The summed E-state index contributed by atoms with van der Waals surface area (Å²) in [7, 11) is 0. The van der Waals surface area contributed by atoms with Crippen LogP contribution >= 0.6 is 11.3 Å². The second-order valence-corrected chi connectivity index (χ2v) is 5.38. The molecule has 1 aromatic heterocycles. The van der Waals surface area contributed by atoms with Crippen molar-refractivity contribution in [1.29, 1.82) is 0 Å². The summed E-state index contributed by atoms with van der Waals surface area (Å²) >= 11 is 1.62. The third kappa shape index (κ3) is 3.01. The van der Waals surface area contributed by atoms with Crippen LogP contribution < -0.4 is 11.1 Å². The van der Waals surface area contributed by atoms with E-state index in [-0.39, 0.29) is 11.9 Å². The number of rotatable bonds is 3. The topological polar surface area (TPSA) is 68.0 Å². The van der Waals surface area contributed by atoms with Crippen molar-refractivity contribution in [3.63, 3.8) is 0 Å². The Morgan fingerprint density at radius 2 is 2.35 bits per heavy atom. The molecule has 1 aromatic carbocycles. The number of nitrogens with two attached hydrogens (primary N) is 1. The number of hydrogen-bond acceptors (Lipinski definition) is 4. The summed E-state index contributed by atoms with van der Waals surface area (Å²) in [5.41, 5.74) is 7.34. The summed E-state index contributed by atoms with van der Waals surface area (Å²) in [6.07, 6.45) is 0.333. The minimum Gasteiger partial charge on any atom is -0.327 e. The van der Waals surface area contributed by atoms with Gasteiger partial charge < -0.3 is 11.1 Å². The van der Waals surface area contributed by atoms with Crippen molar-refractivity contribution in [2.45, 2.75) is 26.3 Å². The Balaban J connectivity index is 2.16. The van der Waals surface area contributed by atoms with Crippen molar-refractivity contribution in [3.05, 3.63) is 23.2 Å². The standard InChI is InChI=1S/C12H15N3OS/c1-7(13)5-12(16)15-9-3-4-10-11(6-9)17-8(2)14-10/h3-4,6-7H,5,13H2,1-2H3,(H,15,16). The summed E-state index contributed by atoms with van der Waals surface area (Å²) < 4.78 is 1.08. The van der Waals surface area contributed by atoms with Crippen LogP contribution in [0.4, 0.5) is 5.69 Å². The van der Waals surface area contributed by atoms with Crippen LogP contribution in [0.15, 0.2) is 18.2 Å². The molecule has 17 heavy (non-hydrogen) atoms. The Hall–Kier alpha value is -1.46. The van der Waals surface area contributed by atoms with E-state index in [1.807, 2.05) is 32.0 Å². The molecule has 0 fully saturated rings. The molecule has 5 heteroatoms. The predicted octanol–water partition coefficient (Wildman–Crippen LogP) is 2.28. The van der Waals surface area contributed by atoms with Gasteiger partial charge in [-0.15, -0.1) is 11.3 Å². The first-order valence-corrected chi connectivity index (χ1v) is 6.29. The van der Waals surface area contributed by atoms with Crippen molar-refractivity contribution in [3.8, 4) is 0 Å². The molecule has 1 unspecified atom stereocenters. The molecule has 0 aliphatic carbocycles. The Labute approximate surface area is 104 Å². The third-order valence-electron chi connectivity index (χ3n) is 2.29. The fourth-order valence-electron chi connectivity index (χ4n) is 1.62. The number of nitrogens with zero attached hydrogens (tertiary/aromatic N) is 1. The summed E-state index contributed by atoms with van der Waals surface area (Å²) in [6, 6.07) is 5.60. The van der Waals surface area contributed by atoms with Gasteiger partial charge in [0.25, 0.3) is 0 Å². The maximum Gasteiger partial charge on any atom is 0.225 e. The molecule has 2 aromatic rings. The Bertz CT molecular complexity index is 548. The van der Waals surface area contributed by atoms with Crippen LogP contribution in [0.3, 0.4) is 0 Å². The van der Waals surface area contributed by atoms with Gasteiger partial charge in [-0.25, -0.2) is 4.98 Å². The molecule has 3 N–H and O–H groups in total. The van der Waals surface area contributed by atoms with Gasteiger partial charge in [-0.1, -0.05) is 0 Å². The molecule has 0 saturated heterocycles. The predicted molar refractivity (Wildman–Crippen MR) is 71.3 cm³/mol. The molecular weight excluding hydrogens is 234 g/mol. The normalized spacial score (nSPS) is 12.6. The van der Waals surface area contributed by atoms with E-state index in [0.717, 1.165) is 20.9 Å². The van der Waals surface area contributed by atoms with Crippen LogP contribution in [0.5, 0.6) is 0 Å². The van der Waals surface area contributed by atoms with Gasteiger partial charge >= 0.3 is 0 Å². The van der Waals surface area contributed by atoms with Crippen molar-refractivity contribution in [2.75, 3.05) is 5.32 Å². The number of aryl methyl sites for hydroxylation is 1. The lowest BCUT2D eigenvalue weighted by atomic mass is 10.2. The molecule has 0 saturated carbocycles. The highest BCUT2D eigenvalue weighted by atomic mass is 32.1. The molecule has 1 atom stereocenters. The van der Waals surface area contributed by atoms with Gasteiger partial charge in [-0.3, -0.25) is 4.79 Å². The van der Waals surface area contributed by atoms with Gasteiger partial charge in [0.2, 0.25) is 5.91 Å². The van der Waals surface area contributed by atoms with E-state index in [9.17, 15) is 4.79 Å². The van der Waals surface area contributed by atoms with Gasteiger partial charge in [0, 0.05) is 18.2 Å². The molecule has 4 nitrogen and oxygen atoms in total. The maximum atomic E-state index is 11.6. The van der Waals surface area contributed by atoms with Crippen molar-refractivity contribution >= 4 is 33.1 Å². The number of aromatic nitrogens is 1. The smallest absolute Gasteiger partial charge is 0.225 e. The number of carbonyl (C=O) groups excluding carboxylic acids is 1. The quantitative estimate of drug-likeness (QED) is 0.877. The first-order valence-electron chi connectivity index (χ1n) is 5.47. The number of fused-ring (bicyclic) bond motifs is 1. The van der Waals surface area contributed by atoms with Crippen LogP contribution in [0.25, 0.3) is 10.2 Å². The first kappa shape index (κ1) is 12.0. The van der Waals surface area contributed by atoms with Crippen LogP contribution in [0, 0.1) is 6.92 Å². The van der Waals surface area contributed by atoms with E-state index in [0.29, 0.717) is 6.42 Å². The summed E-state index contributed by atoms with van der Waals surface area (Å²) in [4.78, 5) is 15.9. The number of nitrogens with one attached hydrogen (secondary N) is 1. The van der Waals surface area contributed by atoms with Crippen molar-refractivity contribution in [1.82, 2.24) is 4.98 Å². The number of carbonyl (C=O) groups is 1. The Morgan fingerprint density at radius 1 is 1.59 bits per heavy atom. The lowest BCUT2D eigenvalue weighted by Gasteiger charge is -2.06. The molecule has 0 aliphatic rings.